The number of rotatable bonds is 3. The predicted octanol–water partition coefficient (Wildman–Crippen LogP) is 3.90. The largest absolute Gasteiger partial charge is 0.383 e. The molecule has 1 atom stereocenters. The molecule has 0 aliphatic heterocycles. The number of anilines is 1. The maximum absolute atomic E-state index is 6.43. The lowest BCUT2D eigenvalue weighted by Gasteiger charge is -2.22. The van der Waals surface area contributed by atoms with Gasteiger partial charge in [0.2, 0.25) is 0 Å². The number of nitrogen functional groups attached to an aromatic ring is 1. The topological polar surface area (TPSA) is 69.6 Å². The Balaban J connectivity index is 1.74. The molecule has 126 valence electrons. The number of allylic oxidation sites excluding steroid dienone is 2. The maximum atomic E-state index is 6.43. The molecule has 5 nitrogen and oxygen atoms in total. The van der Waals surface area contributed by atoms with Crippen molar-refractivity contribution in [2.75, 3.05) is 5.73 Å². The normalized spacial score (nSPS) is 17.3. The molecule has 1 aromatic carbocycles. The van der Waals surface area contributed by atoms with Crippen molar-refractivity contribution in [3.8, 4) is 5.95 Å². The molecule has 0 spiro atoms. The van der Waals surface area contributed by atoms with Crippen molar-refractivity contribution in [1.29, 1.82) is 0 Å². The SMILES string of the molecule is Cc1nn(-c2ncccn2)c(N)c1C1=CC(c2ccccc2)CCC1. The van der Waals surface area contributed by atoms with Gasteiger partial charge in [0.15, 0.2) is 0 Å². The van der Waals surface area contributed by atoms with Crippen LogP contribution in [-0.2, 0) is 0 Å². The monoisotopic (exact) mass is 331 g/mol. The second-order valence-corrected chi connectivity index (χ2v) is 6.41. The predicted molar refractivity (Wildman–Crippen MR) is 99.3 cm³/mol. The van der Waals surface area contributed by atoms with E-state index >= 15 is 0 Å². The fourth-order valence-corrected chi connectivity index (χ4v) is 3.59. The summed E-state index contributed by atoms with van der Waals surface area (Å²) in [6, 6.07) is 12.4. The van der Waals surface area contributed by atoms with Gasteiger partial charge in [0.1, 0.15) is 5.82 Å². The van der Waals surface area contributed by atoms with E-state index in [9.17, 15) is 0 Å². The van der Waals surface area contributed by atoms with Crippen LogP contribution >= 0.6 is 0 Å². The van der Waals surface area contributed by atoms with Crippen molar-refractivity contribution in [2.24, 2.45) is 0 Å². The summed E-state index contributed by atoms with van der Waals surface area (Å²) in [6.45, 7) is 2.00. The molecule has 2 heterocycles. The van der Waals surface area contributed by atoms with Crippen molar-refractivity contribution < 1.29 is 0 Å². The Hall–Kier alpha value is -2.95. The van der Waals surface area contributed by atoms with Crippen LogP contribution < -0.4 is 5.73 Å². The number of aryl methyl sites for hydroxylation is 1. The van der Waals surface area contributed by atoms with E-state index in [1.54, 1.807) is 23.1 Å². The van der Waals surface area contributed by atoms with Crippen LogP contribution in [-0.4, -0.2) is 19.7 Å². The lowest BCUT2D eigenvalue weighted by Crippen LogP contribution is -2.08. The van der Waals surface area contributed by atoms with E-state index in [2.05, 4.69) is 51.5 Å². The Labute approximate surface area is 147 Å². The second-order valence-electron chi connectivity index (χ2n) is 6.41. The minimum atomic E-state index is 0.431. The van der Waals surface area contributed by atoms with E-state index < -0.39 is 0 Å². The summed E-state index contributed by atoms with van der Waals surface area (Å²) in [6.07, 6.45) is 9.10. The first-order valence-electron chi connectivity index (χ1n) is 8.62. The smallest absolute Gasteiger partial charge is 0.252 e. The first-order valence-corrected chi connectivity index (χ1v) is 8.62. The summed E-state index contributed by atoms with van der Waals surface area (Å²) in [7, 11) is 0. The molecule has 4 rings (SSSR count). The average Bonchev–Trinajstić information content (AvgIpc) is 2.97. The van der Waals surface area contributed by atoms with Crippen LogP contribution in [0.15, 0.2) is 54.9 Å². The Morgan fingerprint density at radius 3 is 2.60 bits per heavy atom. The molecule has 0 saturated heterocycles. The minimum Gasteiger partial charge on any atom is -0.383 e. The van der Waals surface area contributed by atoms with Gasteiger partial charge in [-0.15, -0.1) is 0 Å². The molecule has 2 aromatic heterocycles. The number of nitrogens with two attached hydrogens (primary N) is 1. The second kappa shape index (κ2) is 6.51. The molecule has 5 heteroatoms. The van der Waals surface area contributed by atoms with Crippen molar-refractivity contribution in [2.45, 2.75) is 32.1 Å². The molecule has 25 heavy (non-hydrogen) atoms. The highest BCUT2D eigenvalue weighted by atomic mass is 15.4. The number of benzene rings is 1. The van der Waals surface area contributed by atoms with Gasteiger partial charge < -0.3 is 5.73 Å². The van der Waals surface area contributed by atoms with Crippen LogP contribution in [0.25, 0.3) is 11.5 Å². The number of nitrogens with zero attached hydrogens (tertiary/aromatic N) is 4. The molecule has 0 saturated carbocycles. The van der Waals surface area contributed by atoms with Crippen LogP contribution in [0.3, 0.4) is 0 Å². The highest BCUT2D eigenvalue weighted by Gasteiger charge is 2.22. The summed E-state index contributed by atoms with van der Waals surface area (Å²) in [5.74, 6) is 1.55. The number of hydrogen-bond acceptors (Lipinski definition) is 4. The van der Waals surface area contributed by atoms with Crippen molar-refractivity contribution in [3.05, 3.63) is 71.7 Å². The third-order valence-electron chi connectivity index (χ3n) is 4.75. The van der Waals surface area contributed by atoms with Gasteiger partial charge in [0, 0.05) is 23.9 Å². The quantitative estimate of drug-likeness (QED) is 0.790. The van der Waals surface area contributed by atoms with Gasteiger partial charge in [-0.3, -0.25) is 0 Å². The third-order valence-corrected chi connectivity index (χ3v) is 4.75. The fourth-order valence-electron chi connectivity index (χ4n) is 3.59. The van der Waals surface area contributed by atoms with Gasteiger partial charge in [-0.1, -0.05) is 36.4 Å². The zero-order valence-corrected chi connectivity index (χ0v) is 14.3. The Morgan fingerprint density at radius 1 is 1.08 bits per heavy atom. The molecule has 2 N–H and O–H groups in total. The van der Waals surface area contributed by atoms with Gasteiger partial charge in [-0.2, -0.15) is 9.78 Å². The Bertz CT molecular complexity index is 897. The first kappa shape index (κ1) is 15.6. The van der Waals surface area contributed by atoms with Gasteiger partial charge >= 0.3 is 0 Å². The molecule has 1 aliphatic carbocycles. The molecule has 0 bridgehead atoms. The zero-order chi connectivity index (χ0) is 17.2. The van der Waals surface area contributed by atoms with E-state index in [1.807, 2.05) is 6.92 Å². The van der Waals surface area contributed by atoms with Gasteiger partial charge in [-0.25, -0.2) is 9.97 Å². The van der Waals surface area contributed by atoms with Crippen molar-refractivity contribution in [3.63, 3.8) is 0 Å². The molecular formula is C20H21N5. The van der Waals surface area contributed by atoms with Crippen LogP contribution in [0.5, 0.6) is 0 Å². The fraction of sp³-hybridized carbons (Fsp3) is 0.250. The summed E-state index contributed by atoms with van der Waals surface area (Å²) in [4.78, 5) is 8.52. The van der Waals surface area contributed by atoms with Crippen molar-refractivity contribution in [1.82, 2.24) is 19.7 Å². The standard InChI is InChI=1S/C20H21N5/c1-14-18(19(21)25(24-14)20-22-11-6-12-23-20)17-10-5-9-16(13-17)15-7-3-2-4-8-15/h2-4,6-8,11-13,16H,5,9-10,21H2,1H3. The van der Waals surface area contributed by atoms with Crippen LogP contribution in [0.4, 0.5) is 5.82 Å². The Kier molecular flexibility index (Phi) is 4.06. The summed E-state index contributed by atoms with van der Waals surface area (Å²) >= 11 is 0. The molecule has 0 radical (unpaired) electrons. The highest BCUT2D eigenvalue weighted by Crippen LogP contribution is 2.38. The third kappa shape index (κ3) is 2.93. The van der Waals surface area contributed by atoms with Gasteiger partial charge in [0.05, 0.1) is 5.69 Å². The Morgan fingerprint density at radius 2 is 1.84 bits per heavy atom. The molecule has 1 aliphatic rings. The molecule has 0 amide bonds. The number of hydrogen-bond donors (Lipinski definition) is 1. The lowest BCUT2D eigenvalue weighted by molar-refractivity contribution is 0.664. The average molecular weight is 331 g/mol. The van der Waals surface area contributed by atoms with Crippen LogP contribution in [0.1, 0.15) is 42.0 Å². The van der Waals surface area contributed by atoms with E-state index in [4.69, 9.17) is 5.73 Å². The number of aromatic nitrogens is 4. The zero-order valence-electron chi connectivity index (χ0n) is 14.3. The molecular weight excluding hydrogens is 310 g/mol. The maximum Gasteiger partial charge on any atom is 0.252 e. The lowest BCUT2D eigenvalue weighted by atomic mass is 9.83. The summed E-state index contributed by atoms with van der Waals surface area (Å²) in [5, 5.41) is 4.58. The van der Waals surface area contributed by atoms with E-state index in [1.165, 1.54) is 17.6 Å². The van der Waals surface area contributed by atoms with Gasteiger partial charge in [0.25, 0.3) is 5.95 Å². The van der Waals surface area contributed by atoms with Crippen molar-refractivity contribution >= 4 is 11.4 Å². The molecule has 1 unspecified atom stereocenters. The molecule has 3 aromatic rings. The minimum absolute atomic E-state index is 0.431. The first-order chi connectivity index (χ1) is 12.2. The van der Waals surface area contributed by atoms with Crippen LogP contribution in [0.2, 0.25) is 0 Å². The van der Waals surface area contributed by atoms with Crippen LogP contribution in [0, 0.1) is 6.92 Å². The van der Waals surface area contributed by atoms with Gasteiger partial charge in [-0.05, 0) is 43.4 Å². The summed E-state index contributed by atoms with van der Waals surface area (Å²) < 4.78 is 1.64. The van der Waals surface area contributed by atoms with E-state index in [-0.39, 0.29) is 0 Å². The van der Waals surface area contributed by atoms with E-state index in [0.29, 0.717) is 17.7 Å². The molecule has 0 fully saturated rings. The van der Waals surface area contributed by atoms with E-state index in [0.717, 1.165) is 24.1 Å². The highest BCUT2D eigenvalue weighted by molar-refractivity contribution is 5.77. The summed E-state index contributed by atoms with van der Waals surface area (Å²) in [5.41, 5.74) is 11.0.